The van der Waals surface area contributed by atoms with Gasteiger partial charge in [0.05, 0.1) is 6.61 Å². The molecule has 0 aromatic carbocycles. The molecule has 1 heterocycles. The molecular formula is C9H13N3O3. The third kappa shape index (κ3) is 2.63. The second-order valence-electron chi connectivity index (χ2n) is 3.17. The molecular weight excluding hydrogens is 198 g/mol. The zero-order chi connectivity index (χ0) is 11.3. The first-order valence-electron chi connectivity index (χ1n) is 4.89. The van der Waals surface area contributed by atoms with E-state index < -0.39 is 17.6 Å². The van der Waals surface area contributed by atoms with Crippen LogP contribution in [0.5, 0.6) is 0 Å². The van der Waals surface area contributed by atoms with Crippen molar-refractivity contribution in [2.45, 2.75) is 19.8 Å². The van der Waals surface area contributed by atoms with Crippen molar-refractivity contribution < 1.29 is 19.1 Å². The van der Waals surface area contributed by atoms with Crippen LogP contribution >= 0.6 is 0 Å². The Kier molecular flexibility index (Phi) is 4.00. The van der Waals surface area contributed by atoms with Crippen LogP contribution in [0.4, 0.5) is 0 Å². The highest BCUT2D eigenvalue weighted by molar-refractivity contribution is 6.61. The largest absolute Gasteiger partial charge is 0.463 e. The number of nitrogens with zero attached hydrogens (tertiary/aromatic N) is 3. The van der Waals surface area contributed by atoms with Gasteiger partial charge in [0.1, 0.15) is 0 Å². The van der Waals surface area contributed by atoms with E-state index in [1.807, 2.05) is 0 Å². The Morgan fingerprint density at radius 2 is 2.00 bits per heavy atom. The lowest BCUT2D eigenvalue weighted by atomic mass is 10.3. The molecule has 0 spiro atoms. The van der Waals surface area contributed by atoms with Crippen LogP contribution in [0, 0.1) is 0 Å². The van der Waals surface area contributed by atoms with Crippen molar-refractivity contribution in [3.05, 3.63) is 5.53 Å². The molecule has 0 radical (unpaired) electrons. The Bertz CT molecular complexity index is 315. The van der Waals surface area contributed by atoms with E-state index in [0.29, 0.717) is 13.1 Å². The van der Waals surface area contributed by atoms with Crippen LogP contribution in [0.3, 0.4) is 0 Å². The number of rotatable bonds is 3. The monoisotopic (exact) mass is 211 g/mol. The summed E-state index contributed by atoms with van der Waals surface area (Å²) in [6.45, 7) is 2.95. The molecule has 0 saturated carbocycles. The molecule has 6 nitrogen and oxygen atoms in total. The lowest BCUT2D eigenvalue weighted by Crippen LogP contribution is -2.39. The van der Waals surface area contributed by atoms with Crippen molar-refractivity contribution >= 4 is 17.6 Å². The van der Waals surface area contributed by atoms with Crippen LogP contribution in [-0.4, -0.2) is 47.0 Å². The van der Waals surface area contributed by atoms with Crippen LogP contribution in [0.15, 0.2) is 0 Å². The topological polar surface area (TPSA) is 83.0 Å². The van der Waals surface area contributed by atoms with Crippen LogP contribution in [0.1, 0.15) is 19.8 Å². The van der Waals surface area contributed by atoms with E-state index >= 15 is 0 Å². The quantitative estimate of drug-likeness (QED) is 0.214. The maximum absolute atomic E-state index is 11.6. The van der Waals surface area contributed by atoms with Gasteiger partial charge in [-0.15, -0.1) is 0 Å². The van der Waals surface area contributed by atoms with Gasteiger partial charge in [0.25, 0.3) is 0 Å². The minimum absolute atomic E-state index is 0.144. The fourth-order valence-electron chi connectivity index (χ4n) is 1.44. The molecule has 1 aliphatic heterocycles. The lowest BCUT2D eigenvalue weighted by Gasteiger charge is -2.10. The van der Waals surface area contributed by atoms with Gasteiger partial charge in [-0.25, -0.2) is 4.79 Å². The van der Waals surface area contributed by atoms with Crippen molar-refractivity contribution in [1.29, 1.82) is 0 Å². The third-order valence-electron chi connectivity index (χ3n) is 2.16. The normalized spacial score (nSPS) is 14.6. The highest BCUT2D eigenvalue weighted by Gasteiger charge is 2.36. The van der Waals surface area contributed by atoms with E-state index in [0.717, 1.165) is 12.8 Å². The molecule has 1 amide bonds. The number of carbonyl (C=O) groups excluding carboxylic acids is 2. The van der Waals surface area contributed by atoms with E-state index in [9.17, 15) is 9.59 Å². The highest BCUT2D eigenvalue weighted by Crippen LogP contribution is 2.07. The van der Waals surface area contributed by atoms with E-state index in [1.54, 1.807) is 6.92 Å². The summed E-state index contributed by atoms with van der Waals surface area (Å²) in [4.78, 5) is 27.0. The maximum atomic E-state index is 11.6. The predicted molar refractivity (Wildman–Crippen MR) is 51.1 cm³/mol. The third-order valence-corrected chi connectivity index (χ3v) is 2.16. The van der Waals surface area contributed by atoms with Crippen molar-refractivity contribution in [3.8, 4) is 0 Å². The number of carbonyl (C=O) groups is 2. The molecule has 0 N–H and O–H groups in total. The zero-order valence-electron chi connectivity index (χ0n) is 8.60. The van der Waals surface area contributed by atoms with Gasteiger partial charge in [0, 0.05) is 13.1 Å². The molecule has 82 valence electrons. The molecule has 0 unspecified atom stereocenters. The Balaban J connectivity index is 2.70. The van der Waals surface area contributed by atoms with Gasteiger partial charge in [-0.1, -0.05) is 0 Å². The lowest BCUT2D eigenvalue weighted by molar-refractivity contribution is -0.143. The molecule has 1 fully saturated rings. The molecule has 0 aromatic rings. The number of amides is 1. The summed E-state index contributed by atoms with van der Waals surface area (Å²) in [5.74, 6) is -1.44. The number of hydrogen-bond donors (Lipinski definition) is 0. The van der Waals surface area contributed by atoms with E-state index in [-0.39, 0.29) is 6.61 Å². The summed E-state index contributed by atoms with van der Waals surface area (Å²) in [5, 5.41) is 0. The Labute approximate surface area is 87.4 Å². The van der Waals surface area contributed by atoms with E-state index in [4.69, 9.17) is 5.53 Å². The van der Waals surface area contributed by atoms with Gasteiger partial charge in [-0.3, -0.25) is 4.79 Å². The second kappa shape index (κ2) is 5.26. The van der Waals surface area contributed by atoms with Crippen molar-refractivity contribution in [1.82, 2.24) is 4.90 Å². The highest BCUT2D eigenvalue weighted by atomic mass is 16.5. The first kappa shape index (κ1) is 11.4. The van der Waals surface area contributed by atoms with Gasteiger partial charge < -0.3 is 15.2 Å². The number of hydrogen-bond acceptors (Lipinski definition) is 3. The summed E-state index contributed by atoms with van der Waals surface area (Å²) in [6.07, 6.45) is 1.82. The molecule has 15 heavy (non-hydrogen) atoms. The van der Waals surface area contributed by atoms with Crippen LogP contribution in [0.2, 0.25) is 0 Å². The first-order chi connectivity index (χ1) is 7.20. The molecule has 0 aromatic heterocycles. The van der Waals surface area contributed by atoms with Crippen LogP contribution in [-0.2, 0) is 14.3 Å². The van der Waals surface area contributed by atoms with E-state index in [2.05, 4.69) is 9.53 Å². The number of esters is 1. The molecule has 1 saturated heterocycles. The molecule has 1 aliphatic rings. The smallest absolute Gasteiger partial charge is 0.457 e. The summed E-state index contributed by atoms with van der Waals surface area (Å²) in [7, 11) is 0. The summed E-state index contributed by atoms with van der Waals surface area (Å²) < 4.78 is 4.60. The SMILES string of the molecule is CCOC(=O)C(=[N+]=[N-])C(=O)N1CCCC1. The number of ether oxygens (including phenoxy) is 1. The van der Waals surface area contributed by atoms with Gasteiger partial charge in [-0.05, 0) is 19.8 Å². The van der Waals surface area contributed by atoms with E-state index in [1.165, 1.54) is 4.90 Å². The Morgan fingerprint density at radius 3 is 2.47 bits per heavy atom. The van der Waals surface area contributed by atoms with Crippen molar-refractivity contribution in [3.63, 3.8) is 0 Å². The van der Waals surface area contributed by atoms with Gasteiger partial charge in [0.15, 0.2) is 0 Å². The molecule has 1 rings (SSSR count). The first-order valence-corrected chi connectivity index (χ1v) is 4.89. The van der Waals surface area contributed by atoms with Crippen LogP contribution < -0.4 is 0 Å². The molecule has 6 heteroatoms. The number of likely N-dealkylation sites (tertiary alicyclic amines) is 1. The summed E-state index contributed by atoms with van der Waals surface area (Å²) in [5.41, 5.74) is 8.05. The average Bonchev–Trinajstić information content (AvgIpc) is 2.71. The van der Waals surface area contributed by atoms with Gasteiger partial charge in [0.2, 0.25) is 0 Å². The van der Waals surface area contributed by atoms with Crippen molar-refractivity contribution in [2.24, 2.45) is 0 Å². The fraction of sp³-hybridized carbons (Fsp3) is 0.667. The zero-order valence-corrected chi connectivity index (χ0v) is 8.60. The molecule has 0 bridgehead atoms. The average molecular weight is 211 g/mol. The maximum Gasteiger partial charge on any atom is 0.463 e. The predicted octanol–water partition coefficient (Wildman–Crippen LogP) is -0.157. The second-order valence-corrected chi connectivity index (χ2v) is 3.17. The standard InChI is InChI=1S/C9H13N3O3/c1-2-15-9(14)7(11-10)8(13)12-5-3-4-6-12/h2-6H2,1H3. The van der Waals surface area contributed by atoms with Gasteiger partial charge in [-0.2, -0.15) is 4.79 Å². The van der Waals surface area contributed by atoms with Gasteiger partial charge >= 0.3 is 17.6 Å². The Hall–Kier alpha value is -1.68. The Morgan fingerprint density at radius 1 is 1.40 bits per heavy atom. The fourth-order valence-corrected chi connectivity index (χ4v) is 1.44. The summed E-state index contributed by atoms with van der Waals surface area (Å²) in [6, 6.07) is 0. The minimum atomic E-state index is -0.878. The molecule has 0 atom stereocenters. The summed E-state index contributed by atoms with van der Waals surface area (Å²) >= 11 is 0. The van der Waals surface area contributed by atoms with Crippen molar-refractivity contribution in [2.75, 3.05) is 19.7 Å². The molecule has 0 aliphatic carbocycles. The minimum Gasteiger partial charge on any atom is -0.457 e. The van der Waals surface area contributed by atoms with Crippen LogP contribution in [0.25, 0.3) is 5.53 Å².